The van der Waals surface area contributed by atoms with E-state index in [0.717, 1.165) is 16.5 Å². The summed E-state index contributed by atoms with van der Waals surface area (Å²) in [7, 11) is 0. The maximum absolute atomic E-state index is 10.7. The second kappa shape index (κ2) is 4.28. The molecule has 0 aliphatic carbocycles. The van der Waals surface area contributed by atoms with Crippen LogP contribution in [-0.2, 0) is 11.3 Å². The predicted molar refractivity (Wildman–Crippen MR) is 58.6 cm³/mol. The fourth-order valence-corrected chi connectivity index (χ4v) is 1.54. The molecule has 1 heterocycles. The first-order chi connectivity index (χ1) is 7.27. The van der Waals surface area contributed by atoms with Gasteiger partial charge in [0.2, 0.25) is 0 Å². The van der Waals surface area contributed by atoms with Gasteiger partial charge >= 0.3 is 0 Å². The molecule has 2 rings (SSSR count). The van der Waals surface area contributed by atoms with Crippen LogP contribution in [-0.4, -0.2) is 12.3 Å². The Kier molecular flexibility index (Phi) is 2.83. The zero-order valence-electron chi connectivity index (χ0n) is 8.62. The van der Waals surface area contributed by atoms with Gasteiger partial charge in [0.15, 0.2) is 0 Å². The van der Waals surface area contributed by atoms with Crippen LogP contribution in [0.1, 0.15) is 12.5 Å². The molecule has 0 saturated carbocycles. The van der Waals surface area contributed by atoms with Crippen molar-refractivity contribution in [2.24, 2.45) is 0 Å². The monoisotopic (exact) mass is 203 g/mol. The predicted octanol–water partition coefficient (Wildman–Crippen LogP) is 2.11. The Bertz CT molecular complexity index is 473. The molecule has 0 spiro atoms. The van der Waals surface area contributed by atoms with Crippen LogP contribution in [0.15, 0.2) is 34.9 Å². The van der Waals surface area contributed by atoms with Crippen LogP contribution in [0, 0.1) is 0 Å². The van der Waals surface area contributed by atoms with Crippen LogP contribution in [0.25, 0.3) is 11.0 Å². The molecule has 0 amide bonds. The van der Waals surface area contributed by atoms with Gasteiger partial charge in [0, 0.05) is 17.5 Å². The maximum atomic E-state index is 10.7. The molecule has 2 aromatic rings. The number of para-hydroxylation sites is 1. The minimum absolute atomic E-state index is 0.141. The smallest absolute Gasteiger partial charge is 0.143 e. The number of carbonyl (C=O) groups excluding carboxylic acids is 1. The lowest BCUT2D eigenvalue weighted by molar-refractivity contribution is -0.116. The van der Waals surface area contributed by atoms with Gasteiger partial charge in [-0.1, -0.05) is 18.2 Å². The molecule has 3 heteroatoms. The van der Waals surface area contributed by atoms with Gasteiger partial charge in [-0.25, -0.2) is 0 Å². The van der Waals surface area contributed by atoms with Crippen molar-refractivity contribution in [3.05, 3.63) is 36.1 Å². The molecular weight excluding hydrogens is 190 g/mol. The third-order valence-corrected chi connectivity index (χ3v) is 2.25. The number of nitrogens with one attached hydrogen (secondary N) is 1. The van der Waals surface area contributed by atoms with Gasteiger partial charge in [-0.2, -0.15) is 0 Å². The van der Waals surface area contributed by atoms with Crippen LogP contribution in [0.2, 0.25) is 0 Å². The SMILES string of the molecule is CC(=O)CNCc1coc2ccccc12. The van der Waals surface area contributed by atoms with Crippen molar-refractivity contribution in [1.82, 2.24) is 5.32 Å². The fourth-order valence-electron chi connectivity index (χ4n) is 1.54. The number of fused-ring (bicyclic) bond motifs is 1. The van der Waals surface area contributed by atoms with E-state index in [2.05, 4.69) is 5.32 Å². The van der Waals surface area contributed by atoms with Crippen molar-refractivity contribution in [2.75, 3.05) is 6.54 Å². The molecule has 1 N–H and O–H groups in total. The van der Waals surface area contributed by atoms with Gasteiger partial charge in [-0.05, 0) is 13.0 Å². The highest BCUT2D eigenvalue weighted by Crippen LogP contribution is 2.20. The third kappa shape index (κ3) is 2.25. The molecule has 0 unspecified atom stereocenters. The number of furan rings is 1. The number of benzene rings is 1. The number of carbonyl (C=O) groups is 1. The van der Waals surface area contributed by atoms with E-state index >= 15 is 0 Å². The number of rotatable bonds is 4. The minimum Gasteiger partial charge on any atom is -0.464 e. The summed E-state index contributed by atoms with van der Waals surface area (Å²) >= 11 is 0. The largest absolute Gasteiger partial charge is 0.464 e. The zero-order chi connectivity index (χ0) is 10.7. The number of ketones is 1. The van der Waals surface area contributed by atoms with E-state index in [-0.39, 0.29) is 5.78 Å². The van der Waals surface area contributed by atoms with E-state index in [1.165, 1.54) is 0 Å². The molecule has 0 saturated heterocycles. The van der Waals surface area contributed by atoms with Gasteiger partial charge in [-0.15, -0.1) is 0 Å². The molecule has 0 fully saturated rings. The quantitative estimate of drug-likeness (QED) is 0.827. The number of hydrogen-bond donors (Lipinski definition) is 1. The summed E-state index contributed by atoms with van der Waals surface area (Å²) in [6, 6.07) is 7.87. The van der Waals surface area contributed by atoms with Crippen molar-refractivity contribution in [2.45, 2.75) is 13.5 Å². The fraction of sp³-hybridized carbons (Fsp3) is 0.250. The van der Waals surface area contributed by atoms with Crippen molar-refractivity contribution in [1.29, 1.82) is 0 Å². The first-order valence-corrected chi connectivity index (χ1v) is 4.92. The summed E-state index contributed by atoms with van der Waals surface area (Å²) in [4.78, 5) is 10.7. The number of hydrogen-bond acceptors (Lipinski definition) is 3. The van der Waals surface area contributed by atoms with Crippen LogP contribution in [0.5, 0.6) is 0 Å². The first-order valence-electron chi connectivity index (χ1n) is 4.92. The summed E-state index contributed by atoms with van der Waals surface area (Å²) in [5.74, 6) is 0.141. The normalized spacial score (nSPS) is 10.7. The van der Waals surface area contributed by atoms with Crippen molar-refractivity contribution >= 4 is 16.8 Å². The Hall–Kier alpha value is -1.61. The third-order valence-electron chi connectivity index (χ3n) is 2.25. The molecule has 0 aliphatic heterocycles. The van der Waals surface area contributed by atoms with Crippen LogP contribution >= 0.6 is 0 Å². The van der Waals surface area contributed by atoms with Crippen molar-refractivity contribution < 1.29 is 9.21 Å². The molecule has 78 valence electrons. The second-order valence-corrected chi connectivity index (χ2v) is 3.56. The molecule has 15 heavy (non-hydrogen) atoms. The standard InChI is InChI=1S/C12H13NO2/c1-9(14)6-13-7-10-8-15-12-5-3-2-4-11(10)12/h2-5,8,13H,6-7H2,1H3. The van der Waals surface area contributed by atoms with Gasteiger partial charge in [0.05, 0.1) is 12.8 Å². The average Bonchev–Trinajstić information content (AvgIpc) is 2.62. The molecule has 0 bridgehead atoms. The Morgan fingerprint density at radius 2 is 2.20 bits per heavy atom. The molecule has 0 aliphatic rings. The van der Waals surface area contributed by atoms with Crippen LogP contribution in [0.4, 0.5) is 0 Å². The Morgan fingerprint density at radius 1 is 1.40 bits per heavy atom. The van der Waals surface area contributed by atoms with Crippen molar-refractivity contribution in [3.8, 4) is 0 Å². The lowest BCUT2D eigenvalue weighted by atomic mass is 10.2. The van der Waals surface area contributed by atoms with Gasteiger partial charge < -0.3 is 9.73 Å². The van der Waals surface area contributed by atoms with Crippen LogP contribution in [0.3, 0.4) is 0 Å². The average molecular weight is 203 g/mol. The van der Waals surface area contributed by atoms with E-state index in [1.807, 2.05) is 24.3 Å². The lowest BCUT2D eigenvalue weighted by Crippen LogP contribution is -2.20. The summed E-state index contributed by atoms with van der Waals surface area (Å²) < 4.78 is 5.38. The molecule has 3 nitrogen and oxygen atoms in total. The van der Waals surface area contributed by atoms with E-state index in [4.69, 9.17) is 4.42 Å². The maximum Gasteiger partial charge on any atom is 0.143 e. The lowest BCUT2D eigenvalue weighted by Gasteiger charge is -1.99. The van der Waals surface area contributed by atoms with Gasteiger partial charge in [-0.3, -0.25) is 4.79 Å². The Balaban J connectivity index is 2.11. The van der Waals surface area contributed by atoms with E-state index in [0.29, 0.717) is 13.1 Å². The van der Waals surface area contributed by atoms with Gasteiger partial charge in [0.1, 0.15) is 11.4 Å². The first kappa shape index (κ1) is 9.93. The summed E-state index contributed by atoms with van der Waals surface area (Å²) in [5.41, 5.74) is 1.98. The molecule has 1 aromatic heterocycles. The summed E-state index contributed by atoms with van der Waals surface area (Å²) in [6.45, 7) is 2.64. The highest BCUT2D eigenvalue weighted by atomic mass is 16.3. The molecule has 1 aromatic carbocycles. The number of Topliss-reactive ketones (excluding diaryl/α,β-unsaturated/α-hetero) is 1. The molecule has 0 atom stereocenters. The van der Waals surface area contributed by atoms with E-state index in [1.54, 1.807) is 13.2 Å². The van der Waals surface area contributed by atoms with Crippen molar-refractivity contribution in [3.63, 3.8) is 0 Å². The molecular formula is C12H13NO2. The van der Waals surface area contributed by atoms with Gasteiger partial charge in [0.25, 0.3) is 0 Å². The highest BCUT2D eigenvalue weighted by Gasteiger charge is 2.04. The summed E-state index contributed by atoms with van der Waals surface area (Å²) in [5, 5.41) is 4.17. The highest BCUT2D eigenvalue weighted by molar-refractivity contribution is 5.81. The molecule has 0 radical (unpaired) electrons. The summed E-state index contributed by atoms with van der Waals surface area (Å²) in [6.07, 6.45) is 1.73. The Labute approximate surface area is 88.1 Å². The van der Waals surface area contributed by atoms with E-state index in [9.17, 15) is 4.79 Å². The van der Waals surface area contributed by atoms with Crippen LogP contribution < -0.4 is 5.32 Å². The topological polar surface area (TPSA) is 42.2 Å². The minimum atomic E-state index is 0.141. The zero-order valence-corrected chi connectivity index (χ0v) is 8.62. The van der Waals surface area contributed by atoms with E-state index < -0.39 is 0 Å². The second-order valence-electron chi connectivity index (χ2n) is 3.56. The Morgan fingerprint density at radius 3 is 3.00 bits per heavy atom.